The number of benzene rings is 2. The summed E-state index contributed by atoms with van der Waals surface area (Å²) < 4.78 is 13.3. The monoisotopic (exact) mass is 278 g/mol. The number of carbonyl (C=O) groups is 1. The van der Waals surface area contributed by atoms with Gasteiger partial charge in [-0.25, -0.2) is 4.39 Å². The second-order valence-electron chi connectivity index (χ2n) is 4.15. The third-order valence-electron chi connectivity index (χ3n) is 2.71. The number of anilines is 2. The first-order valence-electron chi connectivity index (χ1n) is 5.60. The van der Waals surface area contributed by atoms with Crippen molar-refractivity contribution in [2.45, 2.75) is 6.92 Å². The highest BCUT2D eigenvalue weighted by Gasteiger charge is 2.09. The fourth-order valence-electron chi connectivity index (χ4n) is 1.59. The van der Waals surface area contributed by atoms with Crippen molar-refractivity contribution in [3.8, 4) is 0 Å². The summed E-state index contributed by atoms with van der Waals surface area (Å²) in [5, 5.41) is 2.65. The molecule has 0 heterocycles. The van der Waals surface area contributed by atoms with Gasteiger partial charge in [-0.15, -0.1) is 0 Å². The molecule has 0 unspecified atom stereocenters. The lowest BCUT2D eigenvalue weighted by Gasteiger charge is -2.08. The van der Waals surface area contributed by atoms with Crippen LogP contribution in [0.1, 0.15) is 15.9 Å². The molecule has 0 aliphatic carbocycles. The van der Waals surface area contributed by atoms with E-state index in [1.54, 1.807) is 18.2 Å². The maximum atomic E-state index is 13.3. The van der Waals surface area contributed by atoms with Gasteiger partial charge in [-0.2, -0.15) is 0 Å². The zero-order valence-corrected chi connectivity index (χ0v) is 11.0. The van der Waals surface area contributed by atoms with Crippen LogP contribution in [0.3, 0.4) is 0 Å². The number of amides is 1. The molecule has 2 aromatic rings. The molecular weight excluding hydrogens is 267 g/mol. The second-order valence-corrected chi connectivity index (χ2v) is 4.56. The first kappa shape index (κ1) is 13.4. The highest BCUT2D eigenvalue weighted by molar-refractivity contribution is 6.30. The predicted molar refractivity (Wildman–Crippen MR) is 75.0 cm³/mol. The van der Waals surface area contributed by atoms with E-state index < -0.39 is 11.7 Å². The molecule has 0 aromatic heterocycles. The van der Waals surface area contributed by atoms with Crippen molar-refractivity contribution in [2.24, 2.45) is 0 Å². The lowest BCUT2D eigenvalue weighted by molar-refractivity contribution is 0.102. The molecule has 3 nitrogen and oxygen atoms in total. The van der Waals surface area contributed by atoms with Crippen molar-refractivity contribution < 1.29 is 9.18 Å². The molecule has 0 atom stereocenters. The SMILES string of the molecule is Cc1cc(NC(=O)c2ccc(Cl)c(F)c2)ccc1N. The van der Waals surface area contributed by atoms with Crippen LogP contribution in [0.5, 0.6) is 0 Å². The number of rotatable bonds is 2. The van der Waals surface area contributed by atoms with Gasteiger partial charge in [0.1, 0.15) is 5.82 Å². The smallest absolute Gasteiger partial charge is 0.255 e. The van der Waals surface area contributed by atoms with Gasteiger partial charge < -0.3 is 11.1 Å². The summed E-state index contributed by atoms with van der Waals surface area (Å²) in [7, 11) is 0. The Kier molecular flexibility index (Phi) is 3.71. The van der Waals surface area contributed by atoms with E-state index in [0.29, 0.717) is 11.4 Å². The molecule has 0 radical (unpaired) electrons. The van der Waals surface area contributed by atoms with E-state index in [1.807, 2.05) is 6.92 Å². The molecular formula is C14H12ClFN2O. The highest BCUT2D eigenvalue weighted by Crippen LogP contribution is 2.19. The fourth-order valence-corrected chi connectivity index (χ4v) is 1.71. The summed E-state index contributed by atoms with van der Waals surface area (Å²) in [5.41, 5.74) is 8.01. The van der Waals surface area contributed by atoms with Crippen molar-refractivity contribution in [2.75, 3.05) is 11.1 Å². The Morgan fingerprint density at radius 1 is 1.26 bits per heavy atom. The minimum absolute atomic E-state index is 0.0140. The van der Waals surface area contributed by atoms with Gasteiger partial charge in [0.05, 0.1) is 5.02 Å². The van der Waals surface area contributed by atoms with Crippen molar-refractivity contribution >= 4 is 28.9 Å². The Morgan fingerprint density at radius 3 is 2.63 bits per heavy atom. The van der Waals surface area contributed by atoms with Gasteiger partial charge in [0.15, 0.2) is 0 Å². The summed E-state index contributed by atoms with van der Waals surface area (Å²) in [6.07, 6.45) is 0. The molecule has 0 fully saturated rings. The van der Waals surface area contributed by atoms with Gasteiger partial charge in [0.2, 0.25) is 0 Å². The molecule has 2 rings (SSSR count). The summed E-state index contributed by atoms with van der Waals surface area (Å²) in [4.78, 5) is 11.9. The van der Waals surface area contributed by atoms with Crippen LogP contribution in [0.15, 0.2) is 36.4 Å². The quantitative estimate of drug-likeness (QED) is 0.824. The topological polar surface area (TPSA) is 55.1 Å². The number of nitrogen functional groups attached to an aromatic ring is 1. The molecule has 98 valence electrons. The van der Waals surface area contributed by atoms with Gasteiger partial charge in [0.25, 0.3) is 5.91 Å². The molecule has 0 aliphatic heterocycles. The molecule has 0 saturated heterocycles. The summed E-state index contributed by atoms with van der Waals surface area (Å²) in [6, 6.07) is 9.05. The minimum Gasteiger partial charge on any atom is -0.399 e. The van der Waals surface area contributed by atoms with Crippen LogP contribution in [0.25, 0.3) is 0 Å². The zero-order chi connectivity index (χ0) is 14.0. The Hall–Kier alpha value is -2.07. The van der Waals surface area contributed by atoms with Crippen molar-refractivity contribution in [3.05, 3.63) is 58.4 Å². The molecule has 2 aromatic carbocycles. The maximum absolute atomic E-state index is 13.3. The summed E-state index contributed by atoms with van der Waals surface area (Å²) in [6.45, 7) is 1.84. The van der Waals surface area contributed by atoms with E-state index in [4.69, 9.17) is 17.3 Å². The highest BCUT2D eigenvalue weighted by atomic mass is 35.5. The van der Waals surface area contributed by atoms with Crippen LogP contribution in [0, 0.1) is 12.7 Å². The average molecular weight is 279 g/mol. The maximum Gasteiger partial charge on any atom is 0.255 e. The van der Waals surface area contributed by atoms with Gasteiger partial charge >= 0.3 is 0 Å². The van der Waals surface area contributed by atoms with Crippen LogP contribution < -0.4 is 11.1 Å². The van der Waals surface area contributed by atoms with Crippen molar-refractivity contribution in [3.63, 3.8) is 0 Å². The Bertz CT molecular complexity index is 643. The predicted octanol–water partition coefficient (Wildman–Crippen LogP) is 3.62. The lowest BCUT2D eigenvalue weighted by atomic mass is 10.1. The standard InChI is InChI=1S/C14H12ClFN2O/c1-8-6-10(3-5-13(8)17)18-14(19)9-2-4-11(15)12(16)7-9/h2-7H,17H2,1H3,(H,18,19). The van der Waals surface area contributed by atoms with E-state index >= 15 is 0 Å². The molecule has 19 heavy (non-hydrogen) atoms. The van der Waals surface area contributed by atoms with Crippen molar-refractivity contribution in [1.29, 1.82) is 0 Å². The second kappa shape index (κ2) is 5.28. The normalized spacial score (nSPS) is 10.3. The Morgan fingerprint density at radius 2 is 2.00 bits per heavy atom. The number of nitrogens with two attached hydrogens (primary N) is 1. The third kappa shape index (κ3) is 3.03. The largest absolute Gasteiger partial charge is 0.399 e. The zero-order valence-electron chi connectivity index (χ0n) is 10.2. The van der Waals surface area contributed by atoms with Gasteiger partial charge in [-0.3, -0.25) is 4.79 Å². The van der Waals surface area contributed by atoms with E-state index in [-0.39, 0.29) is 10.6 Å². The number of hydrogen-bond donors (Lipinski definition) is 2. The number of nitrogens with one attached hydrogen (secondary N) is 1. The molecule has 0 saturated carbocycles. The van der Waals surface area contributed by atoms with Gasteiger partial charge in [-0.05, 0) is 48.9 Å². The summed E-state index contributed by atoms with van der Waals surface area (Å²) in [5.74, 6) is -1.03. The minimum atomic E-state index is -0.622. The van der Waals surface area contributed by atoms with Crippen molar-refractivity contribution in [1.82, 2.24) is 0 Å². The number of aryl methyl sites for hydroxylation is 1. The molecule has 5 heteroatoms. The van der Waals surface area contributed by atoms with Crippen LogP contribution in [0.4, 0.5) is 15.8 Å². The lowest BCUT2D eigenvalue weighted by Crippen LogP contribution is -2.12. The fraction of sp³-hybridized carbons (Fsp3) is 0.0714. The molecule has 0 spiro atoms. The van der Waals surface area contributed by atoms with Crippen LogP contribution >= 0.6 is 11.6 Å². The molecule has 3 N–H and O–H groups in total. The molecule has 0 aliphatic rings. The van der Waals surface area contributed by atoms with Gasteiger partial charge in [-0.1, -0.05) is 11.6 Å². The van der Waals surface area contributed by atoms with E-state index in [2.05, 4.69) is 5.32 Å². The number of hydrogen-bond acceptors (Lipinski definition) is 2. The third-order valence-corrected chi connectivity index (χ3v) is 3.02. The Labute approximate surface area is 115 Å². The van der Waals surface area contributed by atoms with Gasteiger partial charge in [0, 0.05) is 16.9 Å². The van der Waals surface area contributed by atoms with Crippen LogP contribution in [-0.2, 0) is 0 Å². The molecule has 0 bridgehead atoms. The average Bonchev–Trinajstić information content (AvgIpc) is 2.37. The first-order valence-corrected chi connectivity index (χ1v) is 5.97. The summed E-state index contributed by atoms with van der Waals surface area (Å²) >= 11 is 5.56. The van der Waals surface area contributed by atoms with Crippen LogP contribution in [-0.4, -0.2) is 5.91 Å². The first-order chi connectivity index (χ1) is 8.97. The number of carbonyl (C=O) groups excluding carboxylic acids is 1. The number of halogens is 2. The van der Waals surface area contributed by atoms with E-state index in [9.17, 15) is 9.18 Å². The molecule has 1 amide bonds. The van der Waals surface area contributed by atoms with E-state index in [0.717, 1.165) is 11.6 Å². The van der Waals surface area contributed by atoms with Crippen LogP contribution in [0.2, 0.25) is 5.02 Å². The Balaban J connectivity index is 2.20. The van der Waals surface area contributed by atoms with E-state index in [1.165, 1.54) is 12.1 Å².